The lowest BCUT2D eigenvalue weighted by Gasteiger charge is -2.09. The summed E-state index contributed by atoms with van der Waals surface area (Å²) >= 11 is 0. The topological polar surface area (TPSA) is 113 Å². The largest absolute Gasteiger partial charge is 0.371 e. The predicted molar refractivity (Wildman–Crippen MR) is 132 cm³/mol. The Morgan fingerprint density at radius 2 is 2.11 bits per heavy atom. The van der Waals surface area contributed by atoms with Crippen LogP contribution in [0.15, 0.2) is 30.6 Å². The highest BCUT2D eigenvalue weighted by Crippen LogP contribution is 2.38. The summed E-state index contributed by atoms with van der Waals surface area (Å²) < 4.78 is 22.6. The number of anilines is 2. The number of carbonyl (C=O) groups is 2. The SMILES string of the molecule is [2H]C([2H])([2H])Nc1ncc(C#Cc2ccc(CC3CC(=O)N(C)C3)cn2)c2cc(NC(=O)[C@H]3C[C@H]3C)nnc12. The first-order valence-electron chi connectivity index (χ1n) is 13.0. The number of carbonyl (C=O) groups excluding carboxylic acids is 2. The van der Waals surface area contributed by atoms with Gasteiger partial charge in [-0.1, -0.05) is 18.9 Å². The number of hydrogen-bond acceptors (Lipinski definition) is 7. The van der Waals surface area contributed by atoms with Gasteiger partial charge in [-0.15, -0.1) is 10.2 Å². The average molecular weight is 473 g/mol. The molecule has 0 radical (unpaired) electrons. The summed E-state index contributed by atoms with van der Waals surface area (Å²) in [7, 11) is 1.82. The highest BCUT2D eigenvalue weighted by Gasteiger charge is 2.39. The third kappa shape index (κ3) is 4.92. The van der Waals surface area contributed by atoms with Gasteiger partial charge in [-0.2, -0.15) is 0 Å². The van der Waals surface area contributed by atoms with Gasteiger partial charge in [-0.3, -0.25) is 9.59 Å². The van der Waals surface area contributed by atoms with Crippen LogP contribution >= 0.6 is 0 Å². The molecule has 2 fully saturated rings. The van der Waals surface area contributed by atoms with Crippen molar-refractivity contribution in [2.45, 2.75) is 26.2 Å². The van der Waals surface area contributed by atoms with Gasteiger partial charge in [0.2, 0.25) is 11.8 Å². The molecule has 2 aliphatic rings. The molecule has 0 aromatic carbocycles. The number of nitrogens with zero attached hydrogens (tertiary/aromatic N) is 5. The molecule has 1 unspecified atom stereocenters. The van der Waals surface area contributed by atoms with E-state index < -0.39 is 6.98 Å². The quantitative estimate of drug-likeness (QED) is 0.549. The lowest BCUT2D eigenvalue weighted by Crippen LogP contribution is -2.19. The van der Waals surface area contributed by atoms with Gasteiger partial charge < -0.3 is 15.5 Å². The smallest absolute Gasteiger partial charge is 0.228 e. The first kappa shape index (κ1) is 19.3. The first-order valence-corrected chi connectivity index (χ1v) is 11.5. The van der Waals surface area contributed by atoms with Crippen LogP contribution in [-0.4, -0.2) is 57.4 Å². The Balaban J connectivity index is 1.40. The number of nitrogens with one attached hydrogen (secondary N) is 2. The van der Waals surface area contributed by atoms with Gasteiger partial charge in [0.25, 0.3) is 0 Å². The van der Waals surface area contributed by atoms with E-state index >= 15 is 0 Å². The van der Waals surface area contributed by atoms with E-state index in [0.29, 0.717) is 29.0 Å². The van der Waals surface area contributed by atoms with Crippen LogP contribution in [0.5, 0.6) is 0 Å². The molecule has 0 spiro atoms. The molecule has 3 aromatic rings. The summed E-state index contributed by atoms with van der Waals surface area (Å²) in [6, 6.07) is 5.41. The predicted octanol–water partition coefficient (Wildman–Crippen LogP) is 2.48. The maximum Gasteiger partial charge on any atom is 0.228 e. The summed E-state index contributed by atoms with van der Waals surface area (Å²) in [5.74, 6) is 7.00. The Kier molecular flexibility index (Phi) is 5.12. The van der Waals surface area contributed by atoms with E-state index in [1.165, 1.54) is 6.20 Å². The Bertz CT molecular complexity index is 1460. The molecule has 5 rings (SSSR count). The number of amides is 2. The molecular weight excluding hydrogens is 442 g/mol. The van der Waals surface area contributed by atoms with E-state index in [0.717, 1.165) is 24.9 Å². The van der Waals surface area contributed by atoms with Crippen molar-refractivity contribution in [2.75, 3.05) is 31.2 Å². The van der Waals surface area contributed by atoms with Gasteiger partial charge in [0.1, 0.15) is 11.2 Å². The zero-order valence-electron chi connectivity index (χ0n) is 22.5. The number of likely N-dealkylation sites (tertiary alicyclic amines) is 1. The van der Waals surface area contributed by atoms with Crippen molar-refractivity contribution in [3.8, 4) is 11.8 Å². The molecule has 1 aliphatic carbocycles. The number of pyridine rings is 2. The van der Waals surface area contributed by atoms with E-state index in [1.54, 1.807) is 17.2 Å². The molecule has 2 N–H and O–H groups in total. The highest BCUT2D eigenvalue weighted by atomic mass is 16.2. The zero-order valence-corrected chi connectivity index (χ0v) is 19.5. The maximum atomic E-state index is 12.4. The molecule has 0 bridgehead atoms. The molecule has 3 atom stereocenters. The fraction of sp³-hybridized carbons (Fsp3) is 0.385. The molecule has 3 aromatic heterocycles. The van der Waals surface area contributed by atoms with Gasteiger partial charge in [-0.25, -0.2) is 9.97 Å². The van der Waals surface area contributed by atoms with Crippen LogP contribution in [0, 0.1) is 29.6 Å². The highest BCUT2D eigenvalue weighted by molar-refractivity contribution is 5.97. The van der Waals surface area contributed by atoms with Gasteiger partial charge in [0, 0.05) is 54.8 Å². The molecule has 1 aliphatic heterocycles. The average Bonchev–Trinajstić information content (AvgIpc) is 3.51. The number of hydrogen-bond donors (Lipinski definition) is 2. The lowest BCUT2D eigenvalue weighted by atomic mass is 9.99. The Morgan fingerprint density at radius 1 is 1.26 bits per heavy atom. The van der Waals surface area contributed by atoms with E-state index in [9.17, 15) is 9.59 Å². The monoisotopic (exact) mass is 472 g/mol. The second kappa shape index (κ2) is 9.29. The number of aromatic nitrogens is 4. The van der Waals surface area contributed by atoms with Crippen LogP contribution in [-0.2, 0) is 16.0 Å². The van der Waals surface area contributed by atoms with Crippen molar-refractivity contribution in [2.24, 2.45) is 17.8 Å². The van der Waals surface area contributed by atoms with E-state index in [-0.39, 0.29) is 40.8 Å². The Morgan fingerprint density at radius 3 is 2.80 bits per heavy atom. The van der Waals surface area contributed by atoms with Crippen molar-refractivity contribution in [3.05, 3.63) is 47.4 Å². The normalized spacial score (nSPS) is 22.6. The fourth-order valence-corrected chi connectivity index (χ4v) is 4.37. The zero-order chi connectivity index (χ0) is 27.0. The minimum Gasteiger partial charge on any atom is -0.371 e. The van der Waals surface area contributed by atoms with Gasteiger partial charge in [0.05, 0.1) is 5.56 Å². The molecule has 9 nitrogen and oxygen atoms in total. The lowest BCUT2D eigenvalue weighted by molar-refractivity contribution is -0.126. The van der Waals surface area contributed by atoms with Gasteiger partial charge in [0.15, 0.2) is 11.6 Å². The van der Waals surface area contributed by atoms with Crippen LogP contribution < -0.4 is 10.6 Å². The fourth-order valence-electron chi connectivity index (χ4n) is 4.37. The minimum absolute atomic E-state index is 0.0406. The van der Waals surface area contributed by atoms with E-state index in [1.807, 2.05) is 26.1 Å². The number of fused-ring (bicyclic) bond motifs is 1. The second-order valence-electron chi connectivity index (χ2n) is 9.30. The van der Waals surface area contributed by atoms with Crippen LogP contribution in [0.25, 0.3) is 10.9 Å². The minimum atomic E-state index is -2.48. The Hall–Kier alpha value is -4.06. The van der Waals surface area contributed by atoms with Crippen molar-refractivity contribution < 1.29 is 13.7 Å². The maximum absolute atomic E-state index is 12.4. The molecule has 35 heavy (non-hydrogen) atoms. The van der Waals surface area contributed by atoms with Crippen molar-refractivity contribution in [1.82, 2.24) is 25.1 Å². The van der Waals surface area contributed by atoms with Gasteiger partial charge >= 0.3 is 0 Å². The standard InChI is InChI=1S/C26H27N7O2/c1-15-8-20(15)26(35)30-22-11-21-18(13-29-25(27-2)24(21)32-31-22)5-7-19-6-4-16(12-28-19)9-17-10-23(34)33(3)14-17/h4,6,11-13,15,17,20H,8-10,14H2,1-3H3,(H,27,29)(H,30,31,35)/t15-,17?,20+/m1/s1/i2D3. The summed E-state index contributed by atoms with van der Waals surface area (Å²) in [5, 5.41) is 13.9. The summed E-state index contributed by atoms with van der Waals surface area (Å²) in [6.45, 7) is 0.284. The molecule has 4 heterocycles. The molecule has 178 valence electrons. The summed E-state index contributed by atoms with van der Waals surface area (Å²) in [6.07, 6.45) is 5.39. The van der Waals surface area contributed by atoms with E-state index in [4.69, 9.17) is 4.11 Å². The third-order valence-electron chi connectivity index (χ3n) is 6.54. The van der Waals surface area contributed by atoms with Crippen LogP contribution in [0.4, 0.5) is 11.6 Å². The molecule has 2 amide bonds. The third-order valence-corrected chi connectivity index (χ3v) is 6.54. The van der Waals surface area contributed by atoms with Crippen molar-refractivity contribution in [1.29, 1.82) is 0 Å². The molecule has 1 saturated carbocycles. The second-order valence-corrected chi connectivity index (χ2v) is 9.30. The van der Waals surface area contributed by atoms with Crippen molar-refractivity contribution in [3.63, 3.8) is 0 Å². The van der Waals surface area contributed by atoms with Gasteiger partial charge in [-0.05, 0) is 48.3 Å². The van der Waals surface area contributed by atoms with Crippen LogP contribution in [0.3, 0.4) is 0 Å². The van der Waals surface area contributed by atoms with E-state index in [2.05, 4.69) is 42.6 Å². The summed E-state index contributed by atoms with van der Waals surface area (Å²) in [4.78, 5) is 34.6. The molecule has 9 heteroatoms. The Labute approximate surface area is 208 Å². The molecular formula is C26H27N7O2. The number of rotatable bonds is 5. The molecule has 1 saturated heterocycles. The summed E-state index contributed by atoms with van der Waals surface area (Å²) in [5.41, 5.74) is 2.30. The van der Waals surface area contributed by atoms with Crippen molar-refractivity contribution >= 4 is 34.4 Å². The van der Waals surface area contributed by atoms with Crippen LogP contribution in [0.2, 0.25) is 0 Å². The van der Waals surface area contributed by atoms with Crippen LogP contribution in [0.1, 0.15) is 40.7 Å². The first-order chi connectivity index (χ1) is 18.1.